The molecule has 0 aliphatic heterocycles. The number of carboxylic acids is 1. The van der Waals surface area contributed by atoms with E-state index < -0.39 is 12.0 Å². The largest absolute Gasteiger partial charge is 0.480 e. The fraction of sp³-hybridized carbons (Fsp3) is 0.333. The van der Waals surface area contributed by atoms with Gasteiger partial charge in [-0.1, -0.05) is 6.07 Å². The van der Waals surface area contributed by atoms with E-state index in [2.05, 4.69) is 4.98 Å². The van der Waals surface area contributed by atoms with E-state index in [-0.39, 0.29) is 0 Å². The summed E-state index contributed by atoms with van der Waals surface area (Å²) in [4.78, 5) is 15.4. The molecule has 1 saturated carbocycles. The molecule has 5 heteroatoms. The number of thiazole rings is 1. The van der Waals surface area contributed by atoms with Gasteiger partial charge in [0.1, 0.15) is 6.04 Å². The summed E-state index contributed by atoms with van der Waals surface area (Å²) in [6.45, 7) is 0. The Kier molecular flexibility index (Phi) is 2.38. The summed E-state index contributed by atoms with van der Waals surface area (Å²) in [7, 11) is 0. The van der Waals surface area contributed by atoms with E-state index in [1.165, 1.54) is 17.8 Å². The molecule has 0 radical (unpaired) electrons. The zero-order valence-corrected chi connectivity index (χ0v) is 9.91. The van der Waals surface area contributed by atoms with Crippen molar-refractivity contribution >= 4 is 27.5 Å². The first-order chi connectivity index (χ1) is 8.15. The van der Waals surface area contributed by atoms with Gasteiger partial charge in [0.25, 0.3) is 0 Å². The Labute approximate surface area is 102 Å². The monoisotopic (exact) mass is 248 g/mol. The second kappa shape index (κ2) is 3.78. The fourth-order valence-electron chi connectivity index (χ4n) is 1.80. The number of benzene rings is 1. The summed E-state index contributed by atoms with van der Waals surface area (Å²) in [5.41, 5.74) is 7.17. The third kappa shape index (κ3) is 1.92. The molecule has 0 bridgehead atoms. The fourth-order valence-corrected chi connectivity index (χ4v) is 2.98. The van der Waals surface area contributed by atoms with Crippen molar-refractivity contribution in [3.8, 4) is 0 Å². The van der Waals surface area contributed by atoms with Crippen LogP contribution in [0.3, 0.4) is 0 Å². The van der Waals surface area contributed by atoms with Crippen LogP contribution in [0.1, 0.15) is 35.4 Å². The smallest absolute Gasteiger partial charge is 0.325 e. The van der Waals surface area contributed by atoms with Crippen molar-refractivity contribution < 1.29 is 9.90 Å². The van der Waals surface area contributed by atoms with E-state index >= 15 is 0 Å². The lowest BCUT2D eigenvalue weighted by atomic mass is 10.1. The second-order valence-electron chi connectivity index (χ2n) is 4.37. The second-order valence-corrected chi connectivity index (χ2v) is 5.43. The van der Waals surface area contributed by atoms with Crippen molar-refractivity contribution in [1.82, 2.24) is 4.98 Å². The Bertz CT molecular complexity index is 589. The van der Waals surface area contributed by atoms with Gasteiger partial charge >= 0.3 is 5.97 Å². The van der Waals surface area contributed by atoms with Crippen LogP contribution < -0.4 is 5.73 Å². The number of nitrogens with zero attached hydrogens (tertiary/aromatic N) is 1. The lowest BCUT2D eigenvalue weighted by Gasteiger charge is -2.05. The van der Waals surface area contributed by atoms with E-state index in [9.17, 15) is 4.79 Å². The van der Waals surface area contributed by atoms with Gasteiger partial charge in [-0.15, -0.1) is 11.3 Å². The van der Waals surface area contributed by atoms with Crippen molar-refractivity contribution in [3.63, 3.8) is 0 Å². The van der Waals surface area contributed by atoms with Gasteiger partial charge in [0.05, 0.1) is 15.2 Å². The average molecular weight is 248 g/mol. The lowest BCUT2D eigenvalue weighted by molar-refractivity contribution is -0.138. The molecule has 1 atom stereocenters. The van der Waals surface area contributed by atoms with Crippen molar-refractivity contribution in [3.05, 3.63) is 28.8 Å². The van der Waals surface area contributed by atoms with Crippen LogP contribution in [0.4, 0.5) is 0 Å². The molecule has 0 saturated heterocycles. The molecule has 17 heavy (non-hydrogen) atoms. The SMILES string of the molecule is NC(C(=O)O)c1ccc2nc(C3CC3)sc2c1. The molecule has 2 aromatic rings. The Hall–Kier alpha value is -1.46. The van der Waals surface area contributed by atoms with Crippen LogP contribution in [0.15, 0.2) is 18.2 Å². The Balaban J connectivity index is 2.02. The minimum Gasteiger partial charge on any atom is -0.480 e. The van der Waals surface area contributed by atoms with Crippen molar-refractivity contribution in [2.24, 2.45) is 5.73 Å². The molecule has 1 aliphatic rings. The molecule has 1 fully saturated rings. The van der Waals surface area contributed by atoms with Crippen molar-refractivity contribution in [2.75, 3.05) is 0 Å². The molecule has 1 aromatic carbocycles. The third-order valence-electron chi connectivity index (χ3n) is 2.98. The van der Waals surface area contributed by atoms with Crippen LogP contribution in [-0.2, 0) is 4.79 Å². The molecular formula is C12H12N2O2S. The zero-order valence-electron chi connectivity index (χ0n) is 9.09. The first-order valence-corrected chi connectivity index (χ1v) is 6.35. The maximum Gasteiger partial charge on any atom is 0.325 e. The molecular weight excluding hydrogens is 236 g/mol. The highest BCUT2D eigenvalue weighted by Gasteiger charge is 2.27. The zero-order chi connectivity index (χ0) is 12.0. The van der Waals surface area contributed by atoms with Gasteiger partial charge in [0, 0.05) is 5.92 Å². The van der Waals surface area contributed by atoms with Crippen LogP contribution in [0.5, 0.6) is 0 Å². The van der Waals surface area contributed by atoms with Gasteiger partial charge in [-0.25, -0.2) is 4.98 Å². The van der Waals surface area contributed by atoms with E-state index in [1.807, 2.05) is 12.1 Å². The minimum absolute atomic E-state index is 0.629. The number of fused-ring (bicyclic) bond motifs is 1. The number of hydrogen-bond acceptors (Lipinski definition) is 4. The Morgan fingerprint density at radius 1 is 1.53 bits per heavy atom. The van der Waals surface area contributed by atoms with Gasteiger partial charge in [-0.2, -0.15) is 0 Å². The van der Waals surface area contributed by atoms with E-state index in [0.717, 1.165) is 10.2 Å². The van der Waals surface area contributed by atoms with Crippen LogP contribution in [0, 0.1) is 0 Å². The summed E-state index contributed by atoms with van der Waals surface area (Å²) >= 11 is 1.65. The summed E-state index contributed by atoms with van der Waals surface area (Å²) in [6, 6.07) is 4.50. The van der Waals surface area contributed by atoms with E-state index in [0.29, 0.717) is 11.5 Å². The van der Waals surface area contributed by atoms with Gasteiger partial charge in [0.15, 0.2) is 0 Å². The Morgan fingerprint density at radius 2 is 2.29 bits per heavy atom. The summed E-state index contributed by atoms with van der Waals surface area (Å²) < 4.78 is 1.03. The number of carbonyl (C=O) groups is 1. The van der Waals surface area contributed by atoms with Crippen LogP contribution >= 0.6 is 11.3 Å². The molecule has 4 nitrogen and oxygen atoms in total. The maximum atomic E-state index is 10.8. The predicted molar refractivity (Wildman–Crippen MR) is 66.2 cm³/mol. The molecule has 1 unspecified atom stereocenters. The standard InChI is InChI=1S/C12H12N2O2S/c13-10(12(15)16)7-3-4-8-9(5-7)17-11(14-8)6-1-2-6/h3-6,10H,1-2,13H2,(H,15,16). The highest BCUT2D eigenvalue weighted by molar-refractivity contribution is 7.18. The molecule has 3 rings (SSSR count). The number of aliphatic carboxylic acids is 1. The van der Waals surface area contributed by atoms with Crippen LogP contribution in [0.2, 0.25) is 0 Å². The number of rotatable bonds is 3. The number of hydrogen-bond donors (Lipinski definition) is 2. The van der Waals surface area contributed by atoms with E-state index in [1.54, 1.807) is 17.4 Å². The molecule has 1 heterocycles. The predicted octanol–water partition coefficient (Wildman–Crippen LogP) is 2.26. The Morgan fingerprint density at radius 3 is 2.94 bits per heavy atom. The highest BCUT2D eigenvalue weighted by atomic mass is 32.1. The van der Waals surface area contributed by atoms with Gasteiger partial charge in [0.2, 0.25) is 0 Å². The molecule has 0 amide bonds. The number of nitrogens with two attached hydrogens (primary N) is 1. The normalized spacial score (nSPS) is 17.2. The summed E-state index contributed by atoms with van der Waals surface area (Å²) in [6.07, 6.45) is 2.45. The quantitative estimate of drug-likeness (QED) is 0.873. The summed E-state index contributed by atoms with van der Waals surface area (Å²) in [5.74, 6) is -0.375. The molecule has 0 spiro atoms. The maximum absolute atomic E-state index is 10.8. The van der Waals surface area contributed by atoms with Gasteiger partial charge in [-0.05, 0) is 30.5 Å². The van der Waals surface area contributed by atoms with Crippen LogP contribution in [-0.4, -0.2) is 16.1 Å². The molecule has 1 aromatic heterocycles. The van der Waals surface area contributed by atoms with E-state index in [4.69, 9.17) is 10.8 Å². The first-order valence-electron chi connectivity index (χ1n) is 5.54. The number of carboxylic acid groups (broad SMARTS) is 1. The topological polar surface area (TPSA) is 76.2 Å². The van der Waals surface area contributed by atoms with Crippen molar-refractivity contribution in [1.29, 1.82) is 0 Å². The number of aromatic nitrogens is 1. The highest BCUT2D eigenvalue weighted by Crippen LogP contribution is 2.43. The minimum atomic E-state index is -1.00. The molecule has 88 valence electrons. The van der Waals surface area contributed by atoms with Crippen molar-refractivity contribution in [2.45, 2.75) is 24.8 Å². The van der Waals surface area contributed by atoms with Crippen LogP contribution in [0.25, 0.3) is 10.2 Å². The molecule has 1 aliphatic carbocycles. The molecule has 3 N–H and O–H groups in total. The lowest BCUT2D eigenvalue weighted by Crippen LogP contribution is -2.20. The van der Waals surface area contributed by atoms with Gasteiger partial charge < -0.3 is 10.8 Å². The summed E-state index contributed by atoms with van der Waals surface area (Å²) in [5, 5.41) is 10.0. The average Bonchev–Trinajstić information content (AvgIpc) is 3.07. The first kappa shape index (κ1) is 10.7. The third-order valence-corrected chi connectivity index (χ3v) is 4.16. The van der Waals surface area contributed by atoms with Gasteiger partial charge in [-0.3, -0.25) is 4.79 Å².